The summed E-state index contributed by atoms with van der Waals surface area (Å²) < 4.78 is 0. The first kappa shape index (κ1) is 26.5. The quantitative estimate of drug-likeness (QED) is 0.255. The van der Waals surface area contributed by atoms with Gasteiger partial charge in [0.25, 0.3) is 0 Å². The van der Waals surface area contributed by atoms with Crippen molar-refractivity contribution in [2.24, 2.45) is 10.8 Å². The average Bonchev–Trinajstić information content (AvgIpc) is 2.20. The zero-order valence-corrected chi connectivity index (χ0v) is 19.0. The Morgan fingerprint density at radius 3 is 1.60 bits per heavy atom. The predicted molar refractivity (Wildman–Crippen MR) is 65.3 cm³/mol. The third-order valence-electron chi connectivity index (χ3n) is 3.63. The van der Waals surface area contributed by atoms with Crippen molar-refractivity contribution in [3.8, 4) is 0 Å². The molecule has 0 amide bonds. The first-order valence-electron chi connectivity index (χ1n) is 6.63. The average molecular weight is 318 g/mol. The minimum Gasteiger partial charge on any atom is -0.549 e. The van der Waals surface area contributed by atoms with Crippen LogP contribution in [0.3, 0.4) is 0 Å². The molecule has 0 aliphatic heterocycles. The molecule has 106 valence electrons. The van der Waals surface area contributed by atoms with Crippen molar-refractivity contribution in [3.05, 3.63) is 0 Å². The van der Waals surface area contributed by atoms with Gasteiger partial charge in [-0.25, -0.2) is 0 Å². The van der Waals surface area contributed by atoms with E-state index in [1.807, 2.05) is 0 Å². The fourth-order valence-electron chi connectivity index (χ4n) is 2.27. The summed E-state index contributed by atoms with van der Waals surface area (Å²) >= 11 is 0. The molecule has 0 aromatic heterocycles. The van der Waals surface area contributed by atoms with E-state index < -0.39 is 22.8 Å². The summed E-state index contributed by atoms with van der Waals surface area (Å²) in [5.74, 6) is -3.07. The molecule has 4 nitrogen and oxygen atoms in total. The van der Waals surface area contributed by atoms with E-state index in [-0.39, 0.29) is 87.4 Å². The van der Waals surface area contributed by atoms with Crippen molar-refractivity contribution in [2.75, 3.05) is 0 Å². The van der Waals surface area contributed by atoms with Crippen LogP contribution in [0.4, 0.5) is 0 Å². The maximum absolute atomic E-state index is 11.3. The topological polar surface area (TPSA) is 80.3 Å². The molecule has 0 saturated carbocycles. The predicted octanol–water partition coefficient (Wildman–Crippen LogP) is -5.11. The van der Waals surface area contributed by atoms with Crippen molar-refractivity contribution in [2.45, 2.75) is 66.2 Å². The molecule has 0 aliphatic rings. The van der Waals surface area contributed by atoms with Gasteiger partial charge in [0.2, 0.25) is 0 Å². The summed E-state index contributed by atoms with van der Waals surface area (Å²) in [5.41, 5.74) is -2.82. The van der Waals surface area contributed by atoms with Crippen LogP contribution < -0.4 is 91.2 Å². The van der Waals surface area contributed by atoms with Crippen LogP contribution in [-0.2, 0) is 9.59 Å². The van der Waals surface area contributed by atoms with Crippen molar-refractivity contribution in [1.29, 1.82) is 0 Å². The van der Waals surface area contributed by atoms with Gasteiger partial charge in [0, 0.05) is 0 Å². The number of hydrogen-bond donors (Lipinski definition) is 0. The molecule has 0 bridgehead atoms. The first-order valence-corrected chi connectivity index (χ1v) is 6.63. The number of aliphatic carboxylic acids is 2. The Balaban J connectivity index is -0.00000144. The number of carbonyl (C=O) groups excluding carboxylic acids is 2. The Morgan fingerprint density at radius 1 is 0.900 bits per heavy atom. The van der Waals surface area contributed by atoms with E-state index in [2.05, 4.69) is 6.92 Å². The number of carboxylic acids is 2. The van der Waals surface area contributed by atoms with E-state index >= 15 is 0 Å². The summed E-state index contributed by atoms with van der Waals surface area (Å²) in [6.07, 6.45) is 4.65. The first-order chi connectivity index (χ1) is 8.20. The second kappa shape index (κ2) is 12.1. The van der Waals surface area contributed by atoms with E-state index in [9.17, 15) is 19.8 Å². The largest absolute Gasteiger partial charge is 1.00 e. The molecular formula is C14H24KNaO4. The summed E-state index contributed by atoms with van der Waals surface area (Å²) in [6.45, 7) is 6.89. The van der Waals surface area contributed by atoms with Crippen LogP contribution in [0, 0.1) is 10.8 Å². The van der Waals surface area contributed by atoms with Crippen molar-refractivity contribution < 1.29 is 101 Å². The molecule has 20 heavy (non-hydrogen) atoms. The Hall–Kier alpha value is 1.58. The molecule has 0 atom stereocenters. The number of hydrogen-bond acceptors (Lipinski definition) is 4. The molecular weight excluding hydrogens is 294 g/mol. The van der Waals surface area contributed by atoms with Gasteiger partial charge in [-0.15, -0.1) is 0 Å². The molecule has 0 aromatic carbocycles. The van der Waals surface area contributed by atoms with Gasteiger partial charge in [0.15, 0.2) is 0 Å². The molecule has 0 aliphatic carbocycles. The van der Waals surface area contributed by atoms with Crippen LogP contribution in [0.5, 0.6) is 0 Å². The van der Waals surface area contributed by atoms with Crippen molar-refractivity contribution in [1.82, 2.24) is 0 Å². The molecule has 0 N–H and O–H groups in total. The molecule has 0 fully saturated rings. The van der Waals surface area contributed by atoms with Crippen LogP contribution in [0.2, 0.25) is 0 Å². The van der Waals surface area contributed by atoms with Crippen LogP contribution >= 0.6 is 0 Å². The zero-order chi connectivity index (χ0) is 14.4. The Bertz CT molecular complexity index is 286. The summed E-state index contributed by atoms with van der Waals surface area (Å²) in [4.78, 5) is 22.6. The summed E-state index contributed by atoms with van der Waals surface area (Å²) in [5, 5.41) is 22.6. The fourth-order valence-corrected chi connectivity index (χ4v) is 2.27. The van der Waals surface area contributed by atoms with Crippen molar-refractivity contribution in [3.63, 3.8) is 0 Å². The normalized spacial score (nSPS) is 11.2. The monoisotopic (exact) mass is 318 g/mol. The van der Waals surface area contributed by atoms with E-state index in [1.165, 1.54) is 0 Å². The maximum atomic E-state index is 11.3. The van der Waals surface area contributed by atoms with Crippen molar-refractivity contribution >= 4 is 11.9 Å². The standard InChI is InChI=1S/C14H26O4.K.Na/c1-5-6-7-8-9-10-14(11(15)16,12(17)18)13(2,3)4;;/h5-10H2,1-4H3,(H,15,16)(H,17,18);;/q;2*+1/p-2. The molecule has 0 unspecified atom stereocenters. The summed E-state index contributed by atoms with van der Waals surface area (Å²) in [6, 6.07) is 0. The number of carboxylic acid groups (broad SMARTS) is 2. The van der Waals surface area contributed by atoms with Gasteiger partial charge >= 0.3 is 80.9 Å². The molecule has 6 heteroatoms. The smallest absolute Gasteiger partial charge is 0.549 e. The van der Waals surface area contributed by atoms with Gasteiger partial charge in [0.1, 0.15) is 0 Å². The molecule has 0 rings (SSSR count). The van der Waals surface area contributed by atoms with Crippen LogP contribution in [0.15, 0.2) is 0 Å². The van der Waals surface area contributed by atoms with E-state index in [0.717, 1.165) is 25.7 Å². The summed E-state index contributed by atoms with van der Waals surface area (Å²) in [7, 11) is 0. The Labute approximate surface area is 187 Å². The zero-order valence-electron chi connectivity index (χ0n) is 13.9. The molecule has 0 heterocycles. The molecule has 0 saturated heterocycles. The number of rotatable bonds is 8. The van der Waals surface area contributed by atoms with Gasteiger partial charge in [0.05, 0.1) is 17.4 Å². The SMILES string of the molecule is CCCCCCCC(C(=O)[O-])(C(=O)[O-])C(C)(C)C.[K+].[Na+]. The van der Waals surface area contributed by atoms with Gasteiger partial charge < -0.3 is 19.8 Å². The second-order valence-electron chi connectivity index (χ2n) is 5.89. The van der Waals surface area contributed by atoms with Crippen LogP contribution in [0.25, 0.3) is 0 Å². The third-order valence-corrected chi connectivity index (χ3v) is 3.63. The van der Waals surface area contributed by atoms with Gasteiger partial charge in [-0.05, 0) is 11.8 Å². The second-order valence-corrected chi connectivity index (χ2v) is 5.89. The van der Waals surface area contributed by atoms with Gasteiger partial charge in [-0.1, -0.05) is 59.8 Å². The fraction of sp³-hybridized carbons (Fsp3) is 0.857. The molecule has 0 aromatic rings. The van der Waals surface area contributed by atoms with E-state index in [4.69, 9.17) is 0 Å². The minimum absolute atomic E-state index is 0. The molecule has 0 radical (unpaired) electrons. The molecule has 0 spiro atoms. The van der Waals surface area contributed by atoms with E-state index in [0.29, 0.717) is 6.42 Å². The van der Waals surface area contributed by atoms with Gasteiger partial charge in [-0.3, -0.25) is 0 Å². The van der Waals surface area contributed by atoms with Gasteiger partial charge in [-0.2, -0.15) is 0 Å². The number of carbonyl (C=O) groups is 2. The number of unbranched alkanes of at least 4 members (excludes halogenated alkanes) is 4. The van der Waals surface area contributed by atoms with E-state index in [1.54, 1.807) is 20.8 Å². The third kappa shape index (κ3) is 7.23. The maximum Gasteiger partial charge on any atom is 1.00 e. The Kier molecular flexibility index (Phi) is 16.0. The Morgan fingerprint density at radius 2 is 1.30 bits per heavy atom. The van der Waals surface area contributed by atoms with Crippen LogP contribution in [-0.4, -0.2) is 11.9 Å². The van der Waals surface area contributed by atoms with Crippen LogP contribution in [0.1, 0.15) is 66.2 Å². The minimum atomic E-state index is -1.90.